The molecule has 0 bridgehead atoms. The summed E-state index contributed by atoms with van der Waals surface area (Å²) in [4.78, 5) is 0. The largest absolute Gasteiger partial charge is 0.388 e. The van der Waals surface area contributed by atoms with Gasteiger partial charge in [-0.2, -0.15) is 0 Å². The van der Waals surface area contributed by atoms with Gasteiger partial charge in [0.15, 0.2) is 0 Å². The molecule has 0 aromatic heterocycles. The molecule has 0 saturated heterocycles. The molecule has 0 radical (unpaired) electrons. The Morgan fingerprint density at radius 1 is 1.00 bits per heavy atom. The summed E-state index contributed by atoms with van der Waals surface area (Å²) in [5.41, 5.74) is 5.61. The zero-order valence-corrected chi connectivity index (χ0v) is 12.3. The Balaban J connectivity index is 2.22. The van der Waals surface area contributed by atoms with Crippen molar-refractivity contribution in [2.75, 3.05) is 0 Å². The second-order valence-corrected chi connectivity index (χ2v) is 5.65. The van der Waals surface area contributed by atoms with E-state index in [4.69, 9.17) is 11.6 Å². The number of aliphatic hydroxyl groups is 1. The highest BCUT2D eigenvalue weighted by Crippen LogP contribution is 2.25. The molecule has 0 amide bonds. The first kappa shape index (κ1) is 14.1. The van der Waals surface area contributed by atoms with Crippen LogP contribution in [0, 0.1) is 20.8 Å². The number of halogens is 1. The van der Waals surface area contributed by atoms with Gasteiger partial charge >= 0.3 is 0 Å². The Kier molecular flexibility index (Phi) is 4.28. The van der Waals surface area contributed by atoms with Gasteiger partial charge < -0.3 is 5.11 Å². The maximum absolute atomic E-state index is 10.4. The summed E-state index contributed by atoms with van der Waals surface area (Å²) < 4.78 is 0. The molecule has 2 aromatic rings. The van der Waals surface area contributed by atoms with E-state index in [1.54, 1.807) is 0 Å². The number of benzene rings is 2. The van der Waals surface area contributed by atoms with Gasteiger partial charge in [0.05, 0.1) is 6.10 Å². The van der Waals surface area contributed by atoms with E-state index in [2.05, 4.69) is 32.0 Å². The van der Waals surface area contributed by atoms with Crippen molar-refractivity contribution in [1.82, 2.24) is 0 Å². The fourth-order valence-electron chi connectivity index (χ4n) is 2.53. The second kappa shape index (κ2) is 5.77. The van der Waals surface area contributed by atoms with Crippen LogP contribution in [-0.4, -0.2) is 5.11 Å². The molecule has 1 N–H and O–H groups in total. The van der Waals surface area contributed by atoms with Crippen LogP contribution in [0.15, 0.2) is 36.4 Å². The Labute approximate surface area is 119 Å². The summed E-state index contributed by atoms with van der Waals surface area (Å²) in [5, 5.41) is 11.1. The lowest BCUT2D eigenvalue weighted by molar-refractivity contribution is 0.177. The normalized spacial score (nSPS) is 12.5. The molecule has 0 heterocycles. The van der Waals surface area contributed by atoms with Gasteiger partial charge in [0.2, 0.25) is 0 Å². The molecule has 0 aliphatic heterocycles. The summed E-state index contributed by atoms with van der Waals surface area (Å²) >= 11 is 5.94. The van der Waals surface area contributed by atoms with Gasteiger partial charge in [0, 0.05) is 11.4 Å². The number of aliphatic hydroxyl groups excluding tert-OH is 1. The lowest BCUT2D eigenvalue weighted by Gasteiger charge is -2.15. The topological polar surface area (TPSA) is 20.2 Å². The third-order valence-electron chi connectivity index (χ3n) is 3.30. The minimum atomic E-state index is -0.488. The molecule has 1 unspecified atom stereocenters. The van der Waals surface area contributed by atoms with Crippen molar-refractivity contribution >= 4 is 11.6 Å². The van der Waals surface area contributed by atoms with Crippen LogP contribution in [0.4, 0.5) is 0 Å². The van der Waals surface area contributed by atoms with Crippen molar-refractivity contribution in [3.05, 3.63) is 69.2 Å². The zero-order valence-electron chi connectivity index (χ0n) is 11.6. The average molecular weight is 275 g/mol. The number of rotatable bonds is 3. The molecule has 2 heteroatoms. The molecule has 2 aromatic carbocycles. The predicted molar refractivity (Wildman–Crippen MR) is 80.8 cm³/mol. The van der Waals surface area contributed by atoms with E-state index >= 15 is 0 Å². The lowest BCUT2D eigenvalue weighted by atomic mass is 9.96. The molecule has 0 fully saturated rings. The Hall–Kier alpha value is -1.31. The molecular weight excluding hydrogens is 256 g/mol. The minimum Gasteiger partial charge on any atom is -0.388 e. The molecule has 0 aliphatic rings. The Morgan fingerprint density at radius 3 is 2.21 bits per heavy atom. The molecule has 100 valence electrons. The van der Waals surface area contributed by atoms with E-state index in [0.29, 0.717) is 11.4 Å². The van der Waals surface area contributed by atoms with Crippen molar-refractivity contribution in [2.45, 2.75) is 33.3 Å². The van der Waals surface area contributed by atoms with Gasteiger partial charge in [0.25, 0.3) is 0 Å². The highest BCUT2D eigenvalue weighted by molar-refractivity contribution is 6.30. The summed E-state index contributed by atoms with van der Waals surface area (Å²) in [5.74, 6) is 0. The Morgan fingerprint density at radius 2 is 1.63 bits per heavy atom. The quantitative estimate of drug-likeness (QED) is 0.871. The first-order chi connectivity index (χ1) is 8.95. The van der Waals surface area contributed by atoms with Gasteiger partial charge in [-0.25, -0.2) is 0 Å². The van der Waals surface area contributed by atoms with Crippen LogP contribution in [0.5, 0.6) is 0 Å². The van der Waals surface area contributed by atoms with E-state index in [9.17, 15) is 5.11 Å². The van der Waals surface area contributed by atoms with Gasteiger partial charge in [-0.05, 0) is 49.6 Å². The van der Waals surface area contributed by atoms with Crippen molar-refractivity contribution in [2.24, 2.45) is 0 Å². The minimum absolute atomic E-state index is 0.488. The van der Waals surface area contributed by atoms with Crippen LogP contribution in [0.25, 0.3) is 0 Å². The first-order valence-corrected chi connectivity index (χ1v) is 6.85. The van der Waals surface area contributed by atoms with Crippen LogP contribution in [0.2, 0.25) is 5.02 Å². The van der Waals surface area contributed by atoms with Crippen LogP contribution in [0.1, 0.15) is 33.9 Å². The van der Waals surface area contributed by atoms with E-state index in [0.717, 1.165) is 11.1 Å². The van der Waals surface area contributed by atoms with Crippen LogP contribution >= 0.6 is 11.6 Å². The monoisotopic (exact) mass is 274 g/mol. The summed E-state index contributed by atoms with van der Waals surface area (Å²) in [7, 11) is 0. The van der Waals surface area contributed by atoms with E-state index in [-0.39, 0.29) is 0 Å². The molecule has 0 spiro atoms. The summed E-state index contributed by atoms with van der Waals surface area (Å²) in [6.45, 7) is 6.14. The van der Waals surface area contributed by atoms with E-state index in [1.807, 2.05) is 25.1 Å². The molecule has 0 aliphatic carbocycles. The highest BCUT2D eigenvalue weighted by Gasteiger charge is 2.12. The summed E-state index contributed by atoms with van der Waals surface area (Å²) in [6, 6.07) is 12.0. The first-order valence-electron chi connectivity index (χ1n) is 6.47. The maximum Gasteiger partial charge on any atom is 0.0832 e. The average Bonchev–Trinajstić information content (AvgIpc) is 2.26. The standard InChI is InChI=1S/C17H19ClO/c1-11-6-12(2)8-14(7-11)10-17(19)16-5-4-15(18)9-13(16)3/h4-9,17,19H,10H2,1-3H3. The van der Waals surface area contributed by atoms with Crippen LogP contribution in [-0.2, 0) is 6.42 Å². The van der Waals surface area contributed by atoms with Crippen molar-refractivity contribution in [1.29, 1.82) is 0 Å². The van der Waals surface area contributed by atoms with Gasteiger partial charge in [-0.15, -0.1) is 0 Å². The van der Waals surface area contributed by atoms with Crippen LogP contribution < -0.4 is 0 Å². The highest BCUT2D eigenvalue weighted by atomic mass is 35.5. The number of hydrogen-bond acceptors (Lipinski definition) is 1. The molecule has 1 nitrogen and oxygen atoms in total. The SMILES string of the molecule is Cc1cc(C)cc(CC(O)c2ccc(Cl)cc2C)c1. The fraction of sp³-hybridized carbons (Fsp3) is 0.294. The fourth-order valence-corrected chi connectivity index (χ4v) is 2.76. The predicted octanol–water partition coefficient (Wildman–Crippen LogP) is 4.54. The third kappa shape index (κ3) is 3.59. The lowest BCUT2D eigenvalue weighted by Crippen LogP contribution is -2.04. The van der Waals surface area contributed by atoms with Crippen LogP contribution in [0.3, 0.4) is 0 Å². The maximum atomic E-state index is 10.4. The molecule has 0 saturated carbocycles. The summed E-state index contributed by atoms with van der Waals surface area (Å²) in [6.07, 6.45) is 0.142. The van der Waals surface area contributed by atoms with Crippen molar-refractivity contribution in [3.63, 3.8) is 0 Å². The Bertz CT molecular complexity index is 570. The van der Waals surface area contributed by atoms with Gasteiger partial charge in [0.1, 0.15) is 0 Å². The molecular formula is C17H19ClO. The number of aryl methyl sites for hydroxylation is 3. The van der Waals surface area contributed by atoms with E-state index < -0.39 is 6.10 Å². The van der Waals surface area contributed by atoms with Crippen molar-refractivity contribution in [3.8, 4) is 0 Å². The zero-order chi connectivity index (χ0) is 14.0. The number of hydrogen-bond donors (Lipinski definition) is 1. The smallest absolute Gasteiger partial charge is 0.0832 e. The van der Waals surface area contributed by atoms with E-state index in [1.165, 1.54) is 16.7 Å². The van der Waals surface area contributed by atoms with Gasteiger partial charge in [-0.1, -0.05) is 47.0 Å². The molecule has 19 heavy (non-hydrogen) atoms. The molecule has 2 rings (SSSR count). The third-order valence-corrected chi connectivity index (χ3v) is 3.54. The molecule has 1 atom stereocenters. The van der Waals surface area contributed by atoms with Crippen molar-refractivity contribution < 1.29 is 5.11 Å². The van der Waals surface area contributed by atoms with Gasteiger partial charge in [-0.3, -0.25) is 0 Å². The second-order valence-electron chi connectivity index (χ2n) is 5.22.